The standard InChI is InChI=1S/C18H22N2O3S/c1-4-10-19-18(21)15-6-5-7-16(12-15)24(22,23)20-17-11-13(2)8-9-14(17)3/h5-9,11-12,20H,4,10H2,1-3H3,(H,19,21). The second kappa shape index (κ2) is 7.49. The second-order valence-electron chi connectivity index (χ2n) is 5.71. The maximum atomic E-state index is 12.6. The molecule has 5 nitrogen and oxygen atoms in total. The number of aryl methyl sites for hydroxylation is 2. The van der Waals surface area contributed by atoms with Crippen LogP contribution < -0.4 is 10.0 Å². The molecular weight excluding hydrogens is 324 g/mol. The number of carbonyl (C=O) groups is 1. The number of rotatable bonds is 6. The van der Waals surface area contributed by atoms with Crippen molar-refractivity contribution in [2.24, 2.45) is 0 Å². The monoisotopic (exact) mass is 346 g/mol. The summed E-state index contributed by atoms with van der Waals surface area (Å²) in [4.78, 5) is 12.1. The van der Waals surface area contributed by atoms with Gasteiger partial charge in [0.15, 0.2) is 0 Å². The van der Waals surface area contributed by atoms with E-state index in [0.717, 1.165) is 17.5 Å². The van der Waals surface area contributed by atoms with Crippen molar-refractivity contribution >= 4 is 21.6 Å². The fourth-order valence-electron chi connectivity index (χ4n) is 2.19. The lowest BCUT2D eigenvalue weighted by Crippen LogP contribution is -2.24. The molecule has 2 N–H and O–H groups in total. The van der Waals surface area contributed by atoms with Crippen molar-refractivity contribution in [2.75, 3.05) is 11.3 Å². The molecule has 0 unspecified atom stereocenters. The molecular formula is C18H22N2O3S. The van der Waals surface area contributed by atoms with Crippen LogP contribution in [0.4, 0.5) is 5.69 Å². The van der Waals surface area contributed by atoms with Crippen LogP contribution in [0.25, 0.3) is 0 Å². The highest BCUT2D eigenvalue weighted by Gasteiger charge is 2.17. The van der Waals surface area contributed by atoms with Crippen molar-refractivity contribution in [3.63, 3.8) is 0 Å². The van der Waals surface area contributed by atoms with Crippen LogP contribution in [0.1, 0.15) is 34.8 Å². The van der Waals surface area contributed by atoms with Crippen LogP contribution in [-0.2, 0) is 10.0 Å². The minimum atomic E-state index is -3.76. The first-order chi connectivity index (χ1) is 11.3. The number of hydrogen-bond donors (Lipinski definition) is 2. The summed E-state index contributed by atoms with van der Waals surface area (Å²) in [7, 11) is -3.76. The van der Waals surface area contributed by atoms with E-state index in [-0.39, 0.29) is 10.8 Å². The van der Waals surface area contributed by atoms with Crippen molar-refractivity contribution in [3.8, 4) is 0 Å². The zero-order valence-electron chi connectivity index (χ0n) is 14.1. The highest BCUT2D eigenvalue weighted by molar-refractivity contribution is 7.92. The maximum Gasteiger partial charge on any atom is 0.261 e. The number of amides is 1. The molecule has 2 rings (SSSR count). The lowest BCUT2D eigenvalue weighted by molar-refractivity contribution is 0.0953. The predicted molar refractivity (Wildman–Crippen MR) is 95.8 cm³/mol. The predicted octanol–water partition coefficient (Wildman–Crippen LogP) is 3.24. The zero-order chi connectivity index (χ0) is 17.7. The number of carbonyl (C=O) groups excluding carboxylic acids is 1. The maximum absolute atomic E-state index is 12.6. The SMILES string of the molecule is CCCNC(=O)c1cccc(S(=O)(=O)Nc2cc(C)ccc2C)c1. The normalized spacial score (nSPS) is 11.1. The van der Waals surface area contributed by atoms with Crippen LogP contribution in [0.15, 0.2) is 47.4 Å². The van der Waals surface area contributed by atoms with Crippen molar-refractivity contribution in [1.82, 2.24) is 5.32 Å². The van der Waals surface area contributed by atoms with Crippen molar-refractivity contribution in [3.05, 3.63) is 59.2 Å². The van der Waals surface area contributed by atoms with Crippen LogP contribution in [0.5, 0.6) is 0 Å². The smallest absolute Gasteiger partial charge is 0.261 e. The molecule has 0 heterocycles. The zero-order valence-corrected chi connectivity index (χ0v) is 14.9. The average molecular weight is 346 g/mol. The molecule has 0 saturated carbocycles. The molecule has 0 atom stereocenters. The Hall–Kier alpha value is -2.34. The van der Waals surface area contributed by atoms with E-state index < -0.39 is 10.0 Å². The van der Waals surface area contributed by atoms with Crippen molar-refractivity contribution in [1.29, 1.82) is 0 Å². The van der Waals surface area contributed by atoms with Crippen LogP contribution in [0.2, 0.25) is 0 Å². The van der Waals surface area contributed by atoms with E-state index in [1.165, 1.54) is 12.1 Å². The molecule has 0 aliphatic carbocycles. The molecule has 0 spiro atoms. The molecule has 0 aliphatic heterocycles. The van der Waals surface area contributed by atoms with E-state index >= 15 is 0 Å². The van der Waals surface area contributed by atoms with Gasteiger partial charge in [-0.25, -0.2) is 8.42 Å². The summed E-state index contributed by atoms with van der Waals surface area (Å²) in [5.74, 6) is -0.277. The summed E-state index contributed by atoms with van der Waals surface area (Å²) in [5, 5.41) is 2.74. The Morgan fingerprint density at radius 3 is 2.54 bits per heavy atom. The van der Waals surface area contributed by atoms with Crippen LogP contribution in [0.3, 0.4) is 0 Å². The molecule has 0 aliphatic rings. The van der Waals surface area contributed by atoms with Crippen LogP contribution in [0, 0.1) is 13.8 Å². The van der Waals surface area contributed by atoms with Crippen molar-refractivity contribution < 1.29 is 13.2 Å². The van der Waals surface area contributed by atoms with Gasteiger partial charge in [-0.3, -0.25) is 9.52 Å². The average Bonchev–Trinajstić information content (AvgIpc) is 2.56. The molecule has 2 aromatic carbocycles. The van der Waals surface area contributed by atoms with E-state index in [1.54, 1.807) is 18.2 Å². The van der Waals surface area contributed by atoms with Gasteiger partial charge < -0.3 is 5.32 Å². The largest absolute Gasteiger partial charge is 0.352 e. The van der Waals surface area contributed by atoms with Crippen molar-refractivity contribution in [2.45, 2.75) is 32.1 Å². The van der Waals surface area contributed by atoms with Gasteiger partial charge in [-0.05, 0) is 55.7 Å². The number of anilines is 1. The Bertz CT molecular complexity index is 845. The summed E-state index contributed by atoms with van der Waals surface area (Å²) in [5.41, 5.74) is 2.66. The molecule has 0 saturated heterocycles. The van der Waals surface area contributed by atoms with E-state index in [1.807, 2.05) is 32.9 Å². The van der Waals surface area contributed by atoms with Gasteiger partial charge in [0, 0.05) is 12.1 Å². The summed E-state index contributed by atoms with van der Waals surface area (Å²) in [6, 6.07) is 11.6. The van der Waals surface area contributed by atoms with Gasteiger partial charge in [0.1, 0.15) is 0 Å². The summed E-state index contributed by atoms with van der Waals surface area (Å²) in [6.45, 7) is 6.24. The Kier molecular flexibility index (Phi) is 5.62. The van der Waals surface area contributed by atoms with Gasteiger partial charge in [0.2, 0.25) is 0 Å². The molecule has 128 valence electrons. The lowest BCUT2D eigenvalue weighted by atomic mass is 10.1. The Morgan fingerprint density at radius 2 is 1.83 bits per heavy atom. The third kappa shape index (κ3) is 4.35. The molecule has 1 amide bonds. The summed E-state index contributed by atoms with van der Waals surface area (Å²) in [6.07, 6.45) is 0.817. The molecule has 24 heavy (non-hydrogen) atoms. The Labute approximate surface area is 143 Å². The van der Waals surface area contributed by atoms with Gasteiger partial charge in [0.05, 0.1) is 10.6 Å². The third-order valence-corrected chi connectivity index (χ3v) is 4.94. The highest BCUT2D eigenvalue weighted by atomic mass is 32.2. The number of sulfonamides is 1. The Morgan fingerprint density at radius 1 is 1.08 bits per heavy atom. The lowest BCUT2D eigenvalue weighted by Gasteiger charge is -2.12. The molecule has 6 heteroatoms. The molecule has 0 bridgehead atoms. The Balaban J connectivity index is 2.29. The van der Waals surface area contributed by atoms with Gasteiger partial charge in [-0.1, -0.05) is 25.1 Å². The number of benzene rings is 2. The van der Waals surface area contributed by atoms with Gasteiger partial charge in [-0.15, -0.1) is 0 Å². The minimum absolute atomic E-state index is 0.0626. The first kappa shape index (κ1) is 18.0. The quantitative estimate of drug-likeness (QED) is 0.843. The highest BCUT2D eigenvalue weighted by Crippen LogP contribution is 2.21. The fourth-order valence-corrected chi connectivity index (χ4v) is 3.36. The molecule has 0 aromatic heterocycles. The van der Waals surface area contributed by atoms with Crippen LogP contribution in [-0.4, -0.2) is 20.9 Å². The van der Waals surface area contributed by atoms with Gasteiger partial charge in [-0.2, -0.15) is 0 Å². The first-order valence-corrected chi connectivity index (χ1v) is 9.30. The second-order valence-corrected chi connectivity index (χ2v) is 7.39. The number of nitrogens with one attached hydrogen (secondary N) is 2. The molecule has 2 aromatic rings. The van der Waals surface area contributed by atoms with Gasteiger partial charge >= 0.3 is 0 Å². The third-order valence-electron chi connectivity index (χ3n) is 3.58. The topological polar surface area (TPSA) is 75.3 Å². The van der Waals surface area contributed by atoms with Crippen LogP contribution >= 0.6 is 0 Å². The van der Waals surface area contributed by atoms with E-state index in [9.17, 15) is 13.2 Å². The fraction of sp³-hybridized carbons (Fsp3) is 0.278. The molecule has 0 fully saturated rings. The minimum Gasteiger partial charge on any atom is -0.352 e. The summed E-state index contributed by atoms with van der Waals surface area (Å²) < 4.78 is 27.8. The summed E-state index contributed by atoms with van der Waals surface area (Å²) >= 11 is 0. The first-order valence-electron chi connectivity index (χ1n) is 7.82. The van der Waals surface area contributed by atoms with E-state index in [2.05, 4.69) is 10.0 Å². The molecule has 0 radical (unpaired) electrons. The van der Waals surface area contributed by atoms with E-state index in [4.69, 9.17) is 0 Å². The van der Waals surface area contributed by atoms with Gasteiger partial charge in [0.25, 0.3) is 15.9 Å². The van der Waals surface area contributed by atoms with E-state index in [0.29, 0.717) is 17.8 Å². The number of hydrogen-bond acceptors (Lipinski definition) is 3.